The molecule has 0 aliphatic carbocycles. The monoisotopic (exact) mass is 387 g/mol. The van der Waals surface area contributed by atoms with Crippen molar-refractivity contribution in [2.75, 3.05) is 0 Å². The van der Waals surface area contributed by atoms with Crippen LogP contribution >= 0.6 is 0 Å². The summed E-state index contributed by atoms with van der Waals surface area (Å²) in [4.78, 5) is 37.6. The van der Waals surface area contributed by atoms with E-state index >= 15 is 0 Å². The second-order valence-electron chi connectivity index (χ2n) is 6.23. The van der Waals surface area contributed by atoms with Crippen LogP contribution in [0.15, 0.2) is 50.8 Å². The molecule has 1 aromatic heterocycles. The SMILES string of the molecule is Cn1c(=O)n(Cc2ccc(O)c(O)c2)c(=O)n(Cc2ccc(O)c(O)c2)c1=O. The van der Waals surface area contributed by atoms with E-state index in [1.165, 1.54) is 43.4 Å². The third-order valence-corrected chi connectivity index (χ3v) is 4.26. The molecule has 0 amide bonds. The summed E-state index contributed by atoms with van der Waals surface area (Å²) in [5.41, 5.74) is -1.84. The minimum Gasteiger partial charge on any atom is -0.504 e. The van der Waals surface area contributed by atoms with E-state index in [-0.39, 0.29) is 24.6 Å². The average molecular weight is 387 g/mol. The fourth-order valence-corrected chi connectivity index (χ4v) is 2.72. The summed E-state index contributed by atoms with van der Waals surface area (Å²) < 4.78 is 2.39. The number of benzene rings is 2. The lowest BCUT2D eigenvalue weighted by Gasteiger charge is -2.12. The van der Waals surface area contributed by atoms with Crippen molar-refractivity contribution in [3.05, 3.63) is 79.0 Å². The summed E-state index contributed by atoms with van der Waals surface area (Å²) in [6, 6.07) is 7.69. The number of hydrogen-bond acceptors (Lipinski definition) is 7. The molecule has 2 aromatic carbocycles. The van der Waals surface area contributed by atoms with E-state index in [4.69, 9.17) is 0 Å². The molecule has 0 saturated heterocycles. The molecule has 0 radical (unpaired) electrons. The molecule has 0 saturated carbocycles. The Morgan fingerprint density at radius 2 is 1.04 bits per heavy atom. The van der Waals surface area contributed by atoms with E-state index in [1.54, 1.807) is 0 Å². The van der Waals surface area contributed by atoms with Crippen molar-refractivity contribution in [1.82, 2.24) is 13.7 Å². The fraction of sp³-hybridized carbons (Fsp3) is 0.167. The first-order valence-corrected chi connectivity index (χ1v) is 8.11. The highest BCUT2D eigenvalue weighted by atomic mass is 16.3. The summed E-state index contributed by atoms with van der Waals surface area (Å²) >= 11 is 0. The molecule has 0 aliphatic rings. The second kappa shape index (κ2) is 6.99. The molecule has 4 N–H and O–H groups in total. The Kier molecular flexibility index (Phi) is 4.70. The minimum absolute atomic E-state index is 0.236. The zero-order valence-corrected chi connectivity index (χ0v) is 14.7. The van der Waals surface area contributed by atoms with Crippen molar-refractivity contribution < 1.29 is 20.4 Å². The van der Waals surface area contributed by atoms with E-state index in [0.717, 1.165) is 13.7 Å². The van der Waals surface area contributed by atoms with Crippen LogP contribution in [0.3, 0.4) is 0 Å². The molecule has 0 fully saturated rings. The molecule has 0 aliphatic heterocycles. The van der Waals surface area contributed by atoms with Crippen LogP contribution in [0.1, 0.15) is 11.1 Å². The normalized spacial score (nSPS) is 10.9. The van der Waals surface area contributed by atoms with Gasteiger partial charge in [0.2, 0.25) is 0 Å². The molecule has 10 nitrogen and oxygen atoms in total. The summed E-state index contributed by atoms with van der Waals surface area (Å²) in [5, 5.41) is 37.9. The van der Waals surface area contributed by atoms with Gasteiger partial charge in [0.15, 0.2) is 23.0 Å². The van der Waals surface area contributed by atoms with Gasteiger partial charge >= 0.3 is 17.1 Å². The molecular weight excluding hydrogens is 370 g/mol. The van der Waals surface area contributed by atoms with Gasteiger partial charge in [0.25, 0.3) is 0 Å². The number of hydrogen-bond donors (Lipinski definition) is 4. The Labute approximate surface area is 157 Å². The summed E-state index contributed by atoms with van der Waals surface area (Å²) in [6.07, 6.45) is 0. The van der Waals surface area contributed by atoms with Crippen LogP contribution in [-0.4, -0.2) is 34.1 Å². The van der Waals surface area contributed by atoms with E-state index in [0.29, 0.717) is 11.1 Å². The van der Waals surface area contributed by atoms with E-state index in [9.17, 15) is 34.8 Å². The van der Waals surface area contributed by atoms with Crippen molar-refractivity contribution in [2.24, 2.45) is 7.05 Å². The second-order valence-corrected chi connectivity index (χ2v) is 6.23. The first-order chi connectivity index (χ1) is 13.2. The van der Waals surface area contributed by atoms with Gasteiger partial charge in [0.1, 0.15) is 0 Å². The Morgan fingerprint density at radius 1 is 0.643 bits per heavy atom. The van der Waals surface area contributed by atoms with Crippen LogP contribution in [0.25, 0.3) is 0 Å². The predicted octanol–water partition coefficient (Wildman–Crippen LogP) is -0.372. The van der Waals surface area contributed by atoms with Crippen LogP contribution in [0.2, 0.25) is 0 Å². The van der Waals surface area contributed by atoms with Gasteiger partial charge in [0, 0.05) is 7.05 Å². The van der Waals surface area contributed by atoms with Gasteiger partial charge in [-0.1, -0.05) is 12.1 Å². The number of aromatic nitrogens is 3. The highest BCUT2D eigenvalue weighted by Gasteiger charge is 2.15. The number of aromatic hydroxyl groups is 4. The number of nitrogens with zero attached hydrogens (tertiary/aromatic N) is 3. The van der Waals surface area contributed by atoms with Crippen LogP contribution in [-0.2, 0) is 20.1 Å². The van der Waals surface area contributed by atoms with E-state index in [2.05, 4.69) is 0 Å². The maximum atomic E-state index is 12.8. The molecule has 3 rings (SSSR count). The predicted molar refractivity (Wildman–Crippen MR) is 98.0 cm³/mol. The summed E-state index contributed by atoms with van der Waals surface area (Å²) in [7, 11) is 1.22. The minimum atomic E-state index is -0.881. The molecule has 3 aromatic rings. The number of rotatable bonds is 4. The van der Waals surface area contributed by atoms with Crippen LogP contribution in [0, 0.1) is 0 Å². The first-order valence-electron chi connectivity index (χ1n) is 8.11. The molecular formula is C18H17N3O7. The average Bonchev–Trinajstić information content (AvgIpc) is 2.66. The van der Waals surface area contributed by atoms with Crippen molar-refractivity contribution in [3.8, 4) is 23.0 Å². The molecule has 0 bridgehead atoms. The number of phenolic OH excluding ortho intramolecular Hbond substituents is 4. The summed E-state index contributed by atoms with van der Waals surface area (Å²) in [5.74, 6) is -1.51. The van der Waals surface area contributed by atoms with Gasteiger partial charge in [-0.05, 0) is 35.4 Å². The highest BCUT2D eigenvalue weighted by molar-refractivity contribution is 5.41. The van der Waals surface area contributed by atoms with E-state index in [1.807, 2.05) is 0 Å². The molecule has 10 heteroatoms. The van der Waals surface area contributed by atoms with Crippen LogP contribution in [0.4, 0.5) is 0 Å². The van der Waals surface area contributed by atoms with Crippen molar-refractivity contribution in [1.29, 1.82) is 0 Å². The Hall–Kier alpha value is -3.95. The Morgan fingerprint density at radius 3 is 1.39 bits per heavy atom. The highest BCUT2D eigenvalue weighted by Crippen LogP contribution is 2.25. The molecule has 0 unspecified atom stereocenters. The third-order valence-electron chi connectivity index (χ3n) is 4.26. The molecule has 1 heterocycles. The Balaban J connectivity index is 2.10. The van der Waals surface area contributed by atoms with Gasteiger partial charge in [-0.2, -0.15) is 0 Å². The van der Waals surface area contributed by atoms with Crippen molar-refractivity contribution in [2.45, 2.75) is 13.1 Å². The first kappa shape index (κ1) is 18.8. The van der Waals surface area contributed by atoms with Gasteiger partial charge in [0.05, 0.1) is 13.1 Å². The van der Waals surface area contributed by atoms with Gasteiger partial charge in [-0.15, -0.1) is 0 Å². The molecule has 0 atom stereocenters. The van der Waals surface area contributed by atoms with Crippen LogP contribution in [0.5, 0.6) is 23.0 Å². The standard InChI is InChI=1S/C18H17N3O7/c1-19-16(26)20(8-10-2-4-12(22)14(24)6-10)18(28)21(17(19)27)9-11-3-5-13(23)15(25)7-11/h2-7,22-25H,8-9H2,1H3. The summed E-state index contributed by atoms with van der Waals surface area (Å²) in [6.45, 7) is -0.471. The lowest BCUT2D eigenvalue weighted by Crippen LogP contribution is -2.53. The number of phenols is 4. The zero-order valence-electron chi connectivity index (χ0n) is 14.7. The topological polar surface area (TPSA) is 147 Å². The fourth-order valence-electron chi connectivity index (χ4n) is 2.72. The maximum absolute atomic E-state index is 12.8. The Bertz CT molecular complexity index is 1150. The van der Waals surface area contributed by atoms with Gasteiger partial charge in [-0.3, -0.25) is 0 Å². The lowest BCUT2D eigenvalue weighted by atomic mass is 10.2. The van der Waals surface area contributed by atoms with Gasteiger partial charge in [-0.25, -0.2) is 28.1 Å². The smallest absolute Gasteiger partial charge is 0.336 e. The molecule has 146 valence electrons. The third kappa shape index (κ3) is 3.34. The van der Waals surface area contributed by atoms with Crippen LogP contribution < -0.4 is 17.1 Å². The zero-order chi connectivity index (χ0) is 20.6. The largest absolute Gasteiger partial charge is 0.504 e. The maximum Gasteiger partial charge on any atom is 0.336 e. The van der Waals surface area contributed by atoms with Gasteiger partial charge < -0.3 is 20.4 Å². The lowest BCUT2D eigenvalue weighted by molar-refractivity contribution is 0.402. The molecule has 28 heavy (non-hydrogen) atoms. The molecule has 0 spiro atoms. The van der Waals surface area contributed by atoms with E-state index < -0.39 is 28.6 Å². The van der Waals surface area contributed by atoms with Crippen molar-refractivity contribution in [3.63, 3.8) is 0 Å². The quantitative estimate of drug-likeness (QED) is 0.447. The van der Waals surface area contributed by atoms with Crippen molar-refractivity contribution >= 4 is 0 Å².